The van der Waals surface area contributed by atoms with Gasteiger partial charge in [0.05, 0.1) is 0 Å². The first-order valence-corrected chi connectivity index (χ1v) is 4.82. The summed E-state index contributed by atoms with van der Waals surface area (Å²) in [6.45, 7) is 4.11. The number of carboxylic acids is 1. The van der Waals surface area contributed by atoms with Crippen LogP contribution < -0.4 is 10.8 Å². The summed E-state index contributed by atoms with van der Waals surface area (Å²) in [4.78, 5) is 36.4. The van der Waals surface area contributed by atoms with E-state index in [2.05, 4.69) is 10.2 Å². The van der Waals surface area contributed by atoms with Crippen molar-refractivity contribution in [1.29, 1.82) is 0 Å². The van der Waals surface area contributed by atoms with Crippen LogP contribution in [0.3, 0.4) is 0 Å². The minimum Gasteiger partial charge on any atom is -0.480 e. The lowest BCUT2D eigenvalue weighted by molar-refractivity contribution is -0.152. The van der Waals surface area contributed by atoms with Crippen LogP contribution in [0.1, 0.15) is 20.8 Å². The first-order chi connectivity index (χ1) is 7.70. The molecule has 0 unspecified atom stereocenters. The van der Waals surface area contributed by atoms with E-state index >= 15 is 0 Å². The summed E-state index contributed by atoms with van der Waals surface area (Å²) in [7, 11) is 0. The van der Waals surface area contributed by atoms with Crippen LogP contribution in [0.25, 0.3) is 0 Å². The van der Waals surface area contributed by atoms with Crippen LogP contribution in [-0.2, 0) is 19.2 Å². The molecule has 3 N–H and O–H groups in total. The van der Waals surface area contributed by atoms with Gasteiger partial charge in [-0.1, -0.05) is 0 Å². The van der Waals surface area contributed by atoms with Gasteiger partial charge in [-0.2, -0.15) is 0 Å². The lowest BCUT2D eigenvalue weighted by Gasteiger charge is -2.19. The van der Waals surface area contributed by atoms with Gasteiger partial charge < -0.3 is 20.0 Å². The molecule has 8 nitrogen and oxygen atoms in total. The molecule has 17 heavy (non-hydrogen) atoms. The normalized spacial score (nSPS) is 10.5. The lowest BCUT2D eigenvalue weighted by Crippen LogP contribution is -2.37. The van der Waals surface area contributed by atoms with E-state index in [1.165, 1.54) is 0 Å². The van der Waals surface area contributed by atoms with Crippen LogP contribution in [0.4, 0.5) is 4.79 Å². The molecule has 0 spiro atoms. The van der Waals surface area contributed by atoms with Crippen molar-refractivity contribution in [1.82, 2.24) is 10.8 Å². The average molecular weight is 248 g/mol. The van der Waals surface area contributed by atoms with Crippen molar-refractivity contribution < 1.29 is 29.1 Å². The Kier molecular flexibility index (Phi) is 5.97. The zero-order valence-corrected chi connectivity index (χ0v) is 9.90. The summed E-state index contributed by atoms with van der Waals surface area (Å²) in [6, 6.07) is 0. The van der Waals surface area contributed by atoms with E-state index in [-0.39, 0.29) is 0 Å². The Morgan fingerprint density at radius 2 is 1.76 bits per heavy atom. The van der Waals surface area contributed by atoms with E-state index in [4.69, 9.17) is 9.84 Å². The third-order valence-electron chi connectivity index (χ3n) is 1.19. The Morgan fingerprint density at radius 3 is 2.24 bits per heavy atom. The average Bonchev–Trinajstić information content (AvgIpc) is 2.11. The second-order valence-corrected chi connectivity index (χ2v) is 4.04. The molecule has 0 aliphatic rings. The maximum absolute atomic E-state index is 11.1. The highest BCUT2D eigenvalue weighted by Crippen LogP contribution is 2.05. The standard InChI is InChI=1S/C9H16N2O6/c1-9(2,3)16-8(15)10-5-7(14)17-11-4-6(12)13/h11H,4-5H2,1-3H3,(H,10,15)(H,12,13). The fraction of sp³-hybridized carbons (Fsp3) is 0.667. The van der Waals surface area contributed by atoms with Gasteiger partial charge in [0.25, 0.3) is 0 Å². The molecular weight excluding hydrogens is 232 g/mol. The van der Waals surface area contributed by atoms with Crippen LogP contribution in [0.5, 0.6) is 0 Å². The molecule has 98 valence electrons. The summed E-state index contributed by atoms with van der Waals surface area (Å²) >= 11 is 0. The van der Waals surface area contributed by atoms with Gasteiger partial charge in [-0.3, -0.25) is 4.79 Å². The van der Waals surface area contributed by atoms with Crippen LogP contribution >= 0.6 is 0 Å². The maximum atomic E-state index is 11.1. The third kappa shape index (κ3) is 10.5. The van der Waals surface area contributed by atoms with E-state index in [1.807, 2.05) is 5.48 Å². The largest absolute Gasteiger partial charge is 0.480 e. The van der Waals surface area contributed by atoms with Crippen LogP contribution in [-0.4, -0.2) is 41.8 Å². The number of ether oxygens (including phenoxy) is 1. The van der Waals surface area contributed by atoms with Crippen molar-refractivity contribution in [3.05, 3.63) is 0 Å². The molecule has 0 heterocycles. The molecule has 0 aliphatic carbocycles. The summed E-state index contributed by atoms with van der Waals surface area (Å²) in [5.41, 5.74) is 1.26. The second-order valence-electron chi connectivity index (χ2n) is 4.04. The van der Waals surface area contributed by atoms with Gasteiger partial charge >= 0.3 is 18.0 Å². The van der Waals surface area contributed by atoms with Crippen LogP contribution in [0, 0.1) is 0 Å². The number of carbonyl (C=O) groups excluding carboxylic acids is 2. The molecule has 0 rings (SSSR count). The molecule has 0 aromatic rings. The Labute approximate surface area is 98.2 Å². The fourth-order valence-corrected chi connectivity index (χ4v) is 0.673. The van der Waals surface area contributed by atoms with Crippen LogP contribution in [0.15, 0.2) is 0 Å². The number of carbonyl (C=O) groups is 3. The smallest absolute Gasteiger partial charge is 0.408 e. The quantitative estimate of drug-likeness (QED) is 0.569. The predicted molar refractivity (Wildman–Crippen MR) is 56.0 cm³/mol. The zero-order chi connectivity index (χ0) is 13.5. The number of hydrogen-bond acceptors (Lipinski definition) is 6. The van der Waals surface area contributed by atoms with Crippen molar-refractivity contribution in [2.75, 3.05) is 13.1 Å². The van der Waals surface area contributed by atoms with Crippen molar-refractivity contribution in [2.24, 2.45) is 0 Å². The van der Waals surface area contributed by atoms with Gasteiger partial charge in [-0.05, 0) is 20.8 Å². The number of nitrogens with one attached hydrogen (secondary N) is 2. The second kappa shape index (κ2) is 6.69. The molecule has 0 aromatic heterocycles. The molecule has 0 saturated carbocycles. The zero-order valence-electron chi connectivity index (χ0n) is 9.90. The van der Waals surface area contributed by atoms with E-state index in [9.17, 15) is 14.4 Å². The van der Waals surface area contributed by atoms with Crippen molar-refractivity contribution >= 4 is 18.0 Å². The highest BCUT2D eigenvalue weighted by molar-refractivity contribution is 5.78. The molecular formula is C9H16N2O6. The number of alkyl carbamates (subject to hydrolysis) is 1. The summed E-state index contributed by atoms with van der Waals surface area (Å²) in [5.74, 6) is -1.99. The Balaban J connectivity index is 3.70. The highest BCUT2D eigenvalue weighted by atomic mass is 16.7. The van der Waals surface area contributed by atoms with Gasteiger partial charge in [0.15, 0.2) is 0 Å². The topological polar surface area (TPSA) is 114 Å². The summed E-state index contributed by atoms with van der Waals surface area (Å²) in [5, 5.41) is 10.4. The summed E-state index contributed by atoms with van der Waals surface area (Å²) in [6.07, 6.45) is -0.757. The lowest BCUT2D eigenvalue weighted by atomic mass is 10.2. The number of hydrogen-bond donors (Lipinski definition) is 3. The molecule has 0 radical (unpaired) electrons. The Hall–Kier alpha value is -1.83. The minimum atomic E-state index is -1.17. The number of carboxylic acid groups (broad SMARTS) is 1. The van der Waals surface area contributed by atoms with Gasteiger partial charge in [-0.25, -0.2) is 9.59 Å². The van der Waals surface area contributed by atoms with Gasteiger partial charge in [0, 0.05) is 0 Å². The fourth-order valence-electron chi connectivity index (χ4n) is 0.673. The first-order valence-electron chi connectivity index (χ1n) is 4.82. The molecule has 0 saturated heterocycles. The van der Waals surface area contributed by atoms with Gasteiger partial charge in [0.2, 0.25) is 0 Å². The highest BCUT2D eigenvalue weighted by Gasteiger charge is 2.16. The Morgan fingerprint density at radius 1 is 1.18 bits per heavy atom. The van der Waals surface area contributed by atoms with Crippen molar-refractivity contribution in [2.45, 2.75) is 26.4 Å². The molecule has 1 amide bonds. The maximum Gasteiger partial charge on any atom is 0.408 e. The number of hydroxylamine groups is 1. The van der Waals surface area contributed by atoms with Crippen molar-refractivity contribution in [3.63, 3.8) is 0 Å². The minimum absolute atomic E-state index is 0.415. The monoisotopic (exact) mass is 248 g/mol. The van der Waals surface area contributed by atoms with E-state index in [1.54, 1.807) is 20.8 Å². The van der Waals surface area contributed by atoms with E-state index in [0.717, 1.165) is 0 Å². The molecule has 0 aromatic carbocycles. The first kappa shape index (κ1) is 15.2. The predicted octanol–water partition coefficient (Wildman–Crippen LogP) is -0.356. The van der Waals surface area contributed by atoms with E-state index < -0.39 is 36.7 Å². The summed E-state index contributed by atoms with van der Waals surface area (Å²) < 4.78 is 4.86. The molecule has 0 fully saturated rings. The van der Waals surface area contributed by atoms with Crippen molar-refractivity contribution in [3.8, 4) is 0 Å². The third-order valence-corrected chi connectivity index (χ3v) is 1.19. The number of aliphatic carboxylic acids is 1. The SMILES string of the molecule is CC(C)(C)OC(=O)NCC(=O)ONCC(=O)O. The Bertz CT molecular complexity index is 296. The van der Waals surface area contributed by atoms with Crippen LogP contribution in [0.2, 0.25) is 0 Å². The van der Waals surface area contributed by atoms with E-state index in [0.29, 0.717) is 0 Å². The number of amides is 1. The molecule has 0 bridgehead atoms. The number of rotatable bonds is 5. The van der Waals surface area contributed by atoms with Gasteiger partial charge in [0.1, 0.15) is 18.7 Å². The molecule has 0 atom stereocenters. The molecule has 0 aliphatic heterocycles. The molecule has 8 heteroatoms. The van der Waals surface area contributed by atoms with Gasteiger partial charge in [-0.15, -0.1) is 5.48 Å².